The number of carbonyl (C=O) groups excluding carboxylic acids is 1. The predicted octanol–water partition coefficient (Wildman–Crippen LogP) is 2.86. The lowest BCUT2D eigenvalue weighted by molar-refractivity contribution is 0.172. The van der Waals surface area contributed by atoms with Gasteiger partial charge in [0.1, 0.15) is 0 Å². The van der Waals surface area contributed by atoms with E-state index in [4.69, 9.17) is 0 Å². The smallest absolute Gasteiger partial charge is 0.317 e. The van der Waals surface area contributed by atoms with E-state index in [1.54, 1.807) is 0 Å². The molecule has 2 amide bonds. The molecule has 1 atom stereocenters. The number of rotatable bonds is 3. The molecule has 0 unspecified atom stereocenters. The first kappa shape index (κ1) is 16.1. The Balaban J connectivity index is 1.64. The summed E-state index contributed by atoms with van der Waals surface area (Å²) >= 11 is 0. The molecule has 0 bridgehead atoms. The Kier molecular flexibility index (Phi) is 4.74. The van der Waals surface area contributed by atoms with Gasteiger partial charge in [0.05, 0.1) is 6.54 Å². The van der Waals surface area contributed by atoms with E-state index in [1.165, 1.54) is 25.7 Å². The molecule has 0 aromatic carbocycles. The number of aryl methyl sites for hydroxylation is 2. The van der Waals surface area contributed by atoms with Crippen molar-refractivity contribution in [2.45, 2.75) is 65.0 Å². The second-order valence-corrected chi connectivity index (χ2v) is 7.05. The van der Waals surface area contributed by atoms with Crippen molar-refractivity contribution in [3.63, 3.8) is 0 Å². The number of amides is 2. The molecule has 0 spiro atoms. The maximum absolute atomic E-state index is 12.6. The molecule has 2 aliphatic rings. The third-order valence-electron chi connectivity index (χ3n) is 5.41. The van der Waals surface area contributed by atoms with Gasteiger partial charge in [-0.1, -0.05) is 12.8 Å². The molecule has 23 heavy (non-hydrogen) atoms. The lowest BCUT2D eigenvalue weighted by atomic mass is 9.96. The third kappa shape index (κ3) is 3.43. The summed E-state index contributed by atoms with van der Waals surface area (Å²) in [4.78, 5) is 29.4. The van der Waals surface area contributed by atoms with Crippen molar-refractivity contribution in [3.05, 3.63) is 33.2 Å². The second-order valence-electron chi connectivity index (χ2n) is 7.05. The molecule has 1 aliphatic heterocycles. The highest BCUT2D eigenvalue weighted by molar-refractivity contribution is 5.75. The zero-order valence-corrected chi connectivity index (χ0v) is 14.2. The van der Waals surface area contributed by atoms with Gasteiger partial charge in [-0.3, -0.25) is 4.79 Å². The Labute approximate surface area is 137 Å². The van der Waals surface area contributed by atoms with E-state index in [-0.39, 0.29) is 11.6 Å². The largest absolute Gasteiger partial charge is 0.334 e. The number of likely N-dealkylation sites (tertiary alicyclic amines) is 1. The second kappa shape index (κ2) is 6.77. The summed E-state index contributed by atoms with van der Waals surface area (Å²) < 4.78 is 0. The number of hydrogen-bond acceptors (Lipinski definition) is 2. The maximum atomic E-state index is 12.6. The van der Waals surface area contributed by atoms with Crippen molar-refractivity contribution in [1.29, 1.82) is 0 Å². The van der Waals surface area contributed by atoms with Gasteiger partial charge in [-0.2, -0.15) is 0 Å². The first-order valence-corrected chi connectivity index (χ1v) is 8.80. The monoisotopic (exact) mass is 317 g/mol. The van der Waals surface area contributed by atoms with Crippen LogP contribution in [0, 0.1) is 19.8 Å². The predicted molar refractivity (Wildman–Crippen MR) is 90.5 cm³/mol. The van der Waals surface area contributed by atoms with E-state index in [2.05, 4.69) is 10.3 Å². The van der Waals surface area contributed by atoms with Crippen molar-refractivity contribution in [1.82, 2.24) is 15.2 Å². The number of aromatic amines is 1. The summed E-state index contributed by atoms with van der Waals surface area (Å²) in [5.74, 6) is 0.674. The number of carbonyl (C=O) groups is 1. The third-order valence-corrected chi connectivity index (χ3v) is 5.41. The van der Waals surface area contributed by atoms with Crippen LogP contribution in [0.15, 0.2) is 10.9 Å². The normalized spacial score (nSPS) is 21.8. The van der Waals surface area contributed by atoms with Gasteiger partial charge in [0.15, 0.2) is 0 Å². The molecule has 1 saturated carbocycles. The first-order chi connectivity index (χ1) is 11.1. The van der Waals surface area contributed by atoms with Crippen LogP contribution in [0.1, 0.15) is 55.3 Å². The Hall–Kier alpha value is -1.78. The average Bonchev–Trinajstić information content (AvgIpc) is 3.16. The zero-order chi connectivity index (χ0) is 16.4. The van der Waals surface area contributed by atoms with Crippen LogP contribution in [0.5, 0.6) is 0 Å². The minimum absolute atomic E-state index is 0.0150. The number of pyridine rings is 1. The van der Waals surface area contributed by atoms with Gasteiger partial charge >= 0.3 is 6.03 Å². The lowest BCUT2D eigenvalue weighted by Gasteiger charge is -2.29. The molecule has 1 aromatic rings. The van der Waals surface area contributed by atoms with Crippen LogP contribution in [0.3, 0.4) is 0 Å². The summed E-state index contributed by atoms with van der Waals surface area (Å²) in [6, 6.07) is 2.33. The topological polar surface area (TPSA) is 65.2 Å². The molecule has 1 aliphatic carbocycles. The van der Waals surface area contributed by atoms with Gasteiger partial charge in [0, 0.05) is 23.8 Å². The standard InChI is InChI=1S/C18H27N3O2/c1-12-10-13(2)20-17(22)15(12)11-19-18(23)21-9-5-8-16(21)14-6-3-4-7-14/h10,14,16H,3-9,11H2,1-2H3,(H,19,23)(H,20,22)/t16-/m1/s1. The molecule has 1 aromatic heterocycles. The summed E-state index contributed by atoms with van der Waals surface area (Å²) in [7, 11) is 0. The Morgan fingerprint density at radius 2 is 2.00 bits per heavy atom. The van der Waals surface area contributed by atoms with Crippen LogP contribution in [0.4, 0.5) is 4.79 Å². The molecule has 2 heterocycles. The van der Waals surface area contributed by atoms with E-state index < -0.39 is 0 Å². The number of nitrogens with zero attached hydrogens (tertiary/aromatic N) is 1. The highest BCUT2D eigenvalue weighted by atomic mass is 16.2. The van der Waals surface area contributed by atoms with Crippen LogP contribution in [-0.4, -0.2) is 28.5 Å². The molecule has 5 heteroatoms. The molecule has 2 fully saturated rings. The fourth-order valence-corrected chi connectivity index (χ4v) is 4.24. The molecular formula is C18H27N3O2. The van der Waals surface area contributed by atoms with Crippen LogP contribution in [0.25, 0.3) is 0 Å². The van der Waals surface area contributed by atoms with Gasteiger partial charge in [-0.25, -0.2) is 4.79 Å². The molecule has 5 nitrogen and oxygen atoms in total. The number of H-pyrrole nitrogens is 1. The van der Waals surface area contributed by atoms with Crippen molar-refractivity contribution in [2.75, 3.05) is 6.54 Å². The average molecular weight is 317 g/mol. The fraction of sp³-hybridized carbons (Fsp3) is 0.667. The van der Waals surface area contributed by atoms with Gasteiger partial charge in [0.25, 0.3) is 5.56 Å². The van der Waals surface area contributed by atoms with E-state index in [0.29, 0.717) is 24.1 Å². The zero-order valence-electron chi connectivity index (χ0n) is 14.2. The van der Waals surface area contributed by atoms with E-state index in [1.807, 2.05) is 24.8 Å². The maximum Gasteiger partial charge on any atom is 0.317 e. The molecular weight excluding hydrogens is 290 g/mol. The minimum atomic E-state index is -0.100. The highest BCUT2D eigenvalue weighted by Crippen LogP contribution is 2.35. The Morgan fingerprint density at radius 1 is 1.26 bits per heavy atom. The number of hydrogen-bond donors (Lipinski definition) is 2. The Morgan fingerprint density at radius 3 is 2.70 bits per heavy atom. The molecule has 126 valence electrons. The van der Waals surface area contributed by atoms with Gasteiger partial charge < -0.3 is 15.2 Å². The number of nitrogens with one attached hydrogen (secondary N) is 2. The SMILES string of the molecule is Cc1cc(C)c(CNC(=O)N2CCC[C@@H]2C2CCCC2)c(=O)[nH]1. The molecule has 1 saturated heterocycles. The van der Waals surface area contributed by atoms with Crippen LogP contribution < -0.4 is 10.9 Å². The Bertz CT molecular complexity index is 632. The first-order valence-electron chi connectivity index (χ1n) is 8.80. The van der Waals surface area contributed by atoms with E-state index in [9.17, 15) is 9.59 Å². The number of urea groups is 1. The van der Waals surface area contributed by atoms with Crippen molar-refractivity contribution in [3.8, 4) is 0 Å². The van der Waals surface area contributed by atoms with E-state index >= 15 is 0 Å². The quantitative estimate of drug-likeness (QED) is 0.900. The lowest BCUT2D eigenvalue weighted by Crippen LogP contribution is -2.45. The van der Waals surface area contributed by atoms with Gasteiger partial charge in [0.2, 0.25) is 0 Å². The van der Waals surface area contributed by atoms with Crippen molar-refractivity contribution in [2.24, 2.45) is 5.92 Å². The minimum Gasteiger partial charge on any atom is -0.334 e. The summed E-state index contributed by atoms with van der Waals surface area (Å²) in [6.07, 6.45) is 7.33. The summed E-state index contributed by atoms with van der Waals surface area (Å²) in [5, 5.41) is 2.96. The van der Waals surface area contributed by atoms with Crippen LogP contribution >= 0.6 is 0 Å². The van der Waals surface area contributed by atoms with Crippen molar-refractivity contribution >= 4 is 6.03 Å². The van der Waals surface area contributed by atoms with Gasteiger partial charge in [-0.05, 0) is 57.1 Å². The van der Waals surface area contributed by atoms with Gasteiger partial charge in [-0.15, -0.1) is 0 Å². The van der Waals surface area contributed by atoms with Crippen molar-refractivity contribution < 1.29 is 4.79 Å². The highest BCUT2D eigenvalue weighted by Gasteiger charge is 2.35. The van der Waals surface area contributed by atoms with E-state index in [0.717, 1.165) is 30.6 Å². The van der Waals surface area contributed by atoms with Crippen LogP contribution in [-0.2, 0) is 6.54 Å². The molecule has 2 N–H and O–H groups in total. The summed E-state index contributed by atoms with van der Waals surface area (Å²) in [6.45, 7) is 4.93. The number of aromatic nitrogens is 1. The molecule has 0 radical (unpaired) electrons. The van der Waals surface area contributed by atoms with Crippen LogP contribution in [0.2, 0.25) is 0 Å². The summed E-state index contributed by atoms with van der Waals surface area (Å²) in [5.41, 5.74) is 2.33. The fourth-order valence-electron chi connectivity index (χ4n) is 4.24. The molecule has 3 rings (SSSR count).